The van der Waals surface area contributed by atoms with Gasteiger partial charge in [-0.3, -0.25) is 9.78 Å². The summed E-state index contributed by atoms with van der Waals surface area (Å²) in [6.45, 7) is 1.63. The fourth-order valence-corrected chi connectivity index (χ4v) is 2.05. The molecule has 0 bridgehead atoms. The molecule has 1 aromatic carbocycles. The second kappa shape index (κ2) is 5.51. The molecule has 0 aliphatic rings. The number of nitrogen functional groups attached to an aromatic ring is 1. The Morgan fingerprint density at radius 2 is 1.87 bits per heavy atom. The van der Waals surface area contributed by atoms with E-state index in [0.717, 1.165) is 12.1 Å². The summed E-state index contributed by atoms with van der Waals surface area (Å²) in [7, 11) is 0. The number of nitrogens with zero attached hydrogens (tertiary/aromatic N) is 2. The van der Waals surface area contributed by atoms with Gasteiger partial charge in [0.1, 0.15) is 5.82 Å². The molecule has 0 spiro atoms. The van der Waals surface area contributed by atoms with Crippen LogP contribution in [0.4, 0.5) is 19.0 Å². The van der Waals surface area contributed by atoms with E-state index in [9.17, 15) is 23.1 Å². The highest BCUT2D eigenvalue weighted by atomic mass is 19.4. The van der Waals surface area contributed by atoms with E-state index in [-0.39, 0.29) is 17.1 Å². The third-order valence-corrected chi connectivity index (χ3v) is 3.37. The highest BCUT2D eigenvalue weighted by Crippen LogP contribution is 2.40. The Labute approximate surface area is 129 Å². The Morgan fingerprint density at radius 3 is 2.35 bits per heavy atom. The van der Waals surface area contributed by atoms with Crippen molar-refractivity contribution in [1.29, 1.82) is 0 Å². The van der Waals surface area contributed by atoms with Crippen LogP contribution in [0.1, 0.15) is 11.1 Å². The molecule has 1 amide bonds. The van der Waals surface area contributed by atoms with Crippen LogP contribution >= 0.6 is 0 Å². The second-order valence-corrected chi connectivity index (χ2v) is 4.93. The fraction of sp³-hybridized carbons (Fsp3) is 0.214. The standard InChI is InChI=1S/C14H13F3N4O2/c1-7-2-3-8(13(23,12(19)22)14(15,16)17)4-9(7)10-5-21-11(18)6-20-10/h2-6,23H,1H3,(H2,18,21)(H2,19,22). The number of aliphatic hydroxyl groups is 1. The van der Waals surface area contributed by atoms with Gasteiger partial charge in [0, 0.05) is 11.1 Å². The van der Waals surface area contributed by atoms with Gasteiger partial charge in [0.2, 0.25) is 0 Å². The number of nitrogens with two attached hydrogens (primary N) is 2. The van der Waals surface area contributed by atoms with Crippen molar-refractivity contribution in [2.45, 2.75) is 18.7 Å². The Hall–Kier alpha value is -2.68. The molecular weight excluding hydrogens is 313 g/mol. The van der Waals surface area contributed by atoms with Gasteiger partial charge in [0.05, 0.1) is 18.1 Å². The smallest absolute Gasteiger partial charge is 0.382 e. The van der Waals surface area contributed by atoms with Crippen molar-refractivity contribution < 1.29 is 23.1 Å². The van der Waals surface area contributed by atoms with Gasteiger partial charge < -0.3 is 16.6 Å². The van der Waals surface area contributed by atoms with Gasteiger partial charge in [-0.05, 0) is 18.6 Å². The summed E-state index contributed by atoms with van der Waals surface area (Å²) in [4.78, 5) is 19.0. The van der Waals surface area contributed by atoms with E-state index in [0.29, 0.717) is 5.56 Å². The zero-order valence-electron chi connectivity index (χ0n) is 11.9. The molecule has 1 heterocycles. The first-order valence-corrected chi connectivity index (χ1v) is 6.35. The molecule has 122 valence electrons. The molecule has 5 N–H and O–H groups in total. The number of carbonyl (C=O) groups excluding carboxylic acids is 1. The van der Waals surface area contributed by atoms with Gasteiger partial charge in [-0.25, -0.2) is 4.98 Å². The van der Waals surface area contributed by atoms with Crippen LogP contribution in [-0.4, -0.2) is 27.2 Å². The van der Waals surface area contributed by atoms with Gasteiger partial charge in [-0.2, -0.15) is 13.2 Å². The minimum Gasteiger partial charge on any atom is -0.382 e. The molecule has 0 radical (unpaired) electrons. The van der Waals surface area contributed by atoms with Crippen LogP contribution in [0, 0.1) is 6.92 Å². The Morgan fingerprint density at radius 1 is 1.22 bits per heavy atom. The molecule has 6 nitrogen and oxygen atoms in total. The molecule has 2 aromatic rings. The molecule has 1 unspecified atom stereocenters. The molecule has 2 rings (SSSR count). The number of halogens is 3. The normalized spacial score (nSPS) is 14.3. The summed E-state index contributed by atoms with van der Waals surface area (Å²) in [6, 6.07) is 3.32. The molecule has 0 aliphatic heterocycles. The van der Waals surface area contributed by atoms with Crippen molar-refractivity contribution in [3.63, 3.8) is 0 Å². The van der Waals surface area contributed by atoms with Gasteiger partial charge >= 0.3 is 6.18 Å². The van der Waals surface area contributed by atoms with Crippen molar-refractivity contribution in [3.05, 3.63) is 41.7 Å². The summed E-state index contributed by atoms with van der Waals surface area (Å²) < 4.78 is 39.4. The number of amides is 1. The lowest BCUT2D eigenvalue weighted by Gasteiger charge is -2.28. The van der Waals surface area contributed by atoms with Crippen molar-refractivity contribution in [2.24, 2.45) is 5.73 Å². The number of hydrogen-bond donors (Lipinski definition) is 3. The number of alkyl halides is 3. The van der Waals surface area contributed by atoms with Crippen molar-refractivity contribution in [1.82, 2.24) is 9.97 Å². The number of hydrogen-bond acceptors (Lipinski definition) is 5. The molecule has 1 aromatic heterocycles. The van der Waals surface area contributed by atoms with E-state index in [1.807, 2.05) is 0 Å². The molecule has 0 aliphatic carbocycles. The Kier molecular flexibility index (Phi) is 3.99. The van der Waals surface area contributed by atoms with Crippen LogP contribution in [0.3, 0.4) is 0 Å². The number of rotatable bonds is 3. The van der Waals surface area contributed by atoms with Crippen molar-refractivity contribution in [2.75, 3.05) is 5.73 Å². The van der Waals surface area contributed by atoms with Gasteiger partial charge in [0.25, 0.3) is 11.5 Å². The maximum atomic E-state index is 13.1. The quantitative estimate of drug-likeness (QED) is 0.785. The van der Waals surface area contributed by atoms with Crippen LogP contribution in [0.2, 0.25) is 0 Å². The lowest BCUT2D eigenvalue weighted by molar-refractivity contribution is -0.255. The van der Waals surface area contributed by atoms with E-state index in [1.165, 1.54) is 18.5 Å². The molecule has 23 heavy (non-hydrogen) atoms. The van der Waals surface area contributed by atoms with Crippen LogP contribution in [0.5, 0.6) is 0 Å². The molecule has 0 fully saturated rings. The topological polar surface area (TPSA) is 115 Å². The lowest BCUT2D eigenvalue weighted by Crippen LogP contribution is -2.52. The number of anilines is 1. The number of primary amides is 1. The van der Waals surface area contributed by atoms with E-state index < -0.39 is 23.2 Å². The second-order valence-electron chi connectivity index (χ2n) is 4.93. The van der Waals surface area contributed by atoms with Crippen LogP contribution in [0.25, 0.3) is 11.3 Å². The highest BCUT2D eigenvalue weighted by Gasteiger charge is 2.60. The predicted molar refractivity (Wildman–Crippen MR) is 75.8 cm³/mol. The van der Waals surface area contributed by atoms with Gasteiger partial charge in [-0.15, -0.1) is 0 Å². The summed E-state index contributed by atoms with van der Waals surface area (Å²) in [5, 5.41) is 9.85. The van der Waals surface area contributed by atoms with Crippen LogP contribution < -0.4 is 11.5 Å². The van der Waals surface area contributed by atoms with Crippen LogP contribution in [-0.2, 0) is 10.4 Å². The fourth-order valence-electron chi connectivity index (χ4n) is 2.05. The average molecular weight is 326 g/mol. The maximum absolute atomic E-state index is 13.1. The third-order valence-electron chi connectivity index (χ3n) is 3.37. The highest BCUT2D eigenvalue weighted by molar-refractivity contribution is 5.86. The predicted octanol–water partition coefficient (Wildman–Crippen LogP) is 1.27. The average Bonchev–Trinajstić information content (AvgIpc) is 2.46. The minimum atomic E-state index is -5.27. The largest absolute Gasteiger partial charge is 0.430 e. The zero-order chi connectivity index (χ0) is 17.4. The number of carbonyl (C=O) groups is 1. The van der Waals surface area contributed by atoms with Crippen molar-refractivity contribution in [3.8, 4) is 11.3 Å². The summed E-state index contributed by atoms with van der Waals surface area (Å²) >= 11 is 0. The molecular formula is C14H13F3N4O2. The minimum absolute atomic E-state index is 0.145. The van der Waals surface area contributed by atoms with Crippen LogP contribution in [0.15, 0.2) is 30.6 Å². The number of aryl methyl sites for hydroxylation is 1. The molecule has 0 saturated heterocycles. The zero-order valence-corrected chi connectivity index (χ0v) is 11.9. The molecule has 1 atom stereocenters. The molecule has 9 heteroatoms. The first-order valence-electron chi connectivity index (χ1n) is 6.35. The van der Waals surface area contributed by atoms with Crippen molar-refractivity contribution >= 4 is 11.7 Å². The first-order chi connectivity index (χ1) is 10.6. The summed E-state index contributed by atoms with van der Waals surface area (Å²) in [6.07, 6.45) is -2.75. The SMILES string of the molecule is Cc1ccc(C(O)(C(N)=O)C(F)(F)F)cc1-c1cnc(N)cn1. The maximum Gasteiger partial charge on any atom is 0.430 e. The summed E-state index contributed by atoms with van der Waals surface area (Å²) in [5.41, 5.74) is 6.78. The first kappa shape index (κ1) is 16.7. The van der Waals surface area contributed by atoms with E-state index in [2.05, 4.69) is 9.97 Å². The number of aromatic nitrogens is 2. The Bertz CT molecular complexity index is 747. The molecule has 0 saturated carbocycles. The van der Waals surface area contributed by atoms with E-state index >= 15 is 0 Å². The lowest BCUT2D eigenvalue weighted by atomic mass is 9.89. The van der Waals surface area contributed by atoms with Gasteiger partial charge in [-0.1, -0.05) is 12.1 Å². The van der Waals surface area contributed by atoms with Gasteiger partial charge in [0.15, 0.2) is 0 Å². The van der Waals surface area contributed by atoms with E-state index in [4.69, 9.17) is 11.5 Å². The Balaban J connectivity index is 2.65. The van der Waals surface area contributed by atoms with E-state index in [1.54, 1.807) is 6.92 Å². The third kappa shape index (κ3) is 2.82. The monoisotopic (exact) mass is 326 g/mol. The number of benzene rings is 1. The summed E-state index contributed by atoms with van der Waals surface area (Å²) in [5.74, 6) is -1.77.